The van der Waals surface area contributed by atoms with Crippen molar-refractivity contribution in [2.45, 2.75) is 33.4 Å². The molecule has 0 radical (unpaired) electrons. The second-order valence-electron chi connectivity index (χ2n) is 8.91. The first-order valence-corrected chi connectivity index (χ1v) is 11.4. The number of hydrogen-bond acceptors (Lipinski definition) is 3. The third-order valence-corrected chi connectivity index (χ3v) is 5.78. The van der Waals surface area contributed by atoms with Gasteiger partial charge >= 0.3 is 0 Å². The number of carbonyl (C=O) groups is 2. The van der Waals surface area contributed by atoms with Crippen molar-refractivity contribution in [3.8, 4) is 0 Å². The van der Waals surface area contributed by atoms with Gasteiger partial charge in [-0.1, -0.05) is 50.2 Å². The van der Waals surface area contributed by atoms with E-state index in [2.05, 4.69) is 5.32 Å². The molecule has 5 nitrogen and oxygen atoms in total. The van der Waals surface area contributed by atoms with E-state index in [4.69, 9.17) is 0 Å². The standard InChI is InChI=1S/C28H32FN3O2/c1-19(2)27(33)30-25-14-15-26(31(4)5)23(17-25)18-32(20(3)21-10-7-6-8-11-21)28(34)22-12-9-13-24(29)16-22/h6-17,19-20H,18H2,1-5H3,(H,30,33)/t20-/m1/s1. The van der Waals surface area contributed by atoms with Crippen molar-refractivity contribution in [2.24, 2.45) is 5.92 Å². The number of nitrogens with zero attached hydrogens (tertiary/aromatic N) is 2. The van der Waals surface area contributed by atoms with E-state index in [-0.39, 0.29) is 30.3 Å². The van der Waals surface area contributed by atoms with Gasteiger partial charge in [-0.2, -0.15) is 0 Å². The number of nitrogens with one attached hydrogen (secondary N) is 1. The number of amides is 2. The van der Waals surface area contributed by atoms with Gasteiger partial charge in [-0.05, 0) is 54.4 Å². The summed E-state index contributed by atoms with van der Waals surface area (Å²) in [6, 6.07) is 20.9. The Hall–Kier alpha value is -3.67. The Labute approximate surface area is 201 Å². The zero-order chi connectivity index (χ0) is 24.8. The van der Waals surface area contributed by atoms with E-state index in [9.17, 15) is 14.0 Å². The predicted octanol–water partition coefficient (Wildman–Crippen LogP) is 5.89. The third kappa shape index (κ3) is 6.01. The highest BCUT2D eigenvalue weighted by Crippen LogP contribution is 2.30. The van der Waals surface area contributed by atoms with E-state index in [0.29, 0.717) is 11.3 Å². The molecule has 0 aliphatic carbocycles. The van der Waals surface area contributed by atoms with Crippen LogP contribution in [0.25, 0.3) is 0 Å². The summed E-state index contributed by atoms with van der Waals surface area (Å²) in [5.74, 6) is -0.947. The van der Waals surface area contributed by atoms with E-state index in [1.165, 1.54) is 12.1 Å². The number of rotatable bonds is 8. The molecular formula is C28H32FN3O2. The molecule has 34 heavy (non-hydrogen) atoms. The summed E-state index contributed by atoms with van der Waals surface area (Å²) in [6.45, 7) is 5.92. The minimum Gasteiger partial charge on any atom is -0.377 e. The molecule has 0 heterocycles. The second-order valence-corrected chi connectivity index (χ2v) is 8.91. The lowest BCUT2D eigenvalue weighted by Gasteiger charge is -2.32. The lowest BCUT2D eigenvalue weighted by Crippen LogP contribution is -2.34. The maximum Gasteiger partial charge on any atom is 0.254 e. The fourth-order valence-electron chi connectivity index (χ4n) is 3.78. The Morgan fingerprint density at radius 3 is 2.24 bits per heavy atom. The maximum absolute atomic E-state index is 13.9. The van der Waals surface area contributed by atoms with E-state index >= 15 is 0 Å². The summed E-state index contributed by atoms with van der Waals surface area (Å²) in [5, 5.41) is 2.94. The number of carbonyl (C=O) groups excluding carboxylic acids is 2. The van der Waals surface area contributed by atoms with Gasteiger partial charge < -0.3 is 15.1 Å². The minimum atomic E-state index is -0.453. The largest absolute Gasteiger partial charge is 0.377 e. The smallest absolute Gasteiger partial charge is 0.254 e. The van der Waals surface area contributed by atoms with Gasteiger partial charge in [-0.25, -0.2) is 4.39 Å². The van der Waals surface area contributed by atoms with Crippen LogP contribution >= 0.6 is 0 Å². The van der Waals surface area contributed by atoms with Crippen molar-refractivity contribution in [3.63, 3.8) is 0 Å². The highest BCUT2D eigenvalue weighted by Gasteiger charge is 2.25. The van der Waals surface area contributed by atoms with Gasteiger partial charge in [-0.15, -0.1) is 0 Å². The predicted molar refractivity (Wildman–Crippen MR) is 135 cm³/mol. The van der Waals surface area contributed by atoms with Gasteiger partial charge in [0, 0.05) is 43.5 Å². The lowest BCUT2D eigenvalue weighted by atomic mass is 10.0. The van der Waals surface area contributed by atoms with Gasteiger partial charge in [-0.3, -0.25) is 9.59 Å². The van der Waals surface area contributed by atoms with Crippen LogP contribution in [0.5, 0.6) is 0 Å². The number of benzene rings is 3. The Morgan fingerprint density at radius 2 is 1.62 bits per heavy atom. The first-order chi connectivity index (χ1) is 16.2. The van der Waals surface area contributed by atoms with Crippen molar-refractivity contribution in [1.29, 1.82) is 0 Å². The van der Waals surface area contributed by atoms with Crippen LogP contribution in [-0.4, -0.2) is 30.8 Å². The van der Waals surface area contributed by atoms with Gasteiger partial charge in [0.15, 0.2) is 0 Å². The molecule has 0 saturated heterocycles. The van der Waals surface area contributed by atoms with Crippen molar-refractivity contribution in [3.05, 3.63) is 95.3 Å². The van der Waals surface area contributed by atoms with Gasteiger partial charge in [0.25, 0.3) is 5.91 Å². The molecular weight excluding hydrogens is 429 g/mol. The molecule has 178 valence electrons. The zero-order valence-corrected chi connectivity index (χ0v) is 20.4. The second kappa shape index (κ2) is 11.0. The van der Waals surface area contributed by atoms with Gasteiger partial charge in [0.2, 0.25) is 5.91 Å². The van der Waals surface area contributed by atoms with Crippen molar-refractivity contribution in [2.75, 3.05) is 24.3 Å². The van der Waals surface area contributed by atoms with Crippen molar-refractivity contribution in [1.82, 2.24) is 4.90 Å². The highest BCUT2D eigenvalue weighted by molar-refractivity contribution is 5.95. The molecule has 2 amide bonds. The quantitative estimate of drug-likeness (QED) is 0.455. The van der Waals surface area contributed by atoms with Gasteiger partial charge in [0.05, 0.1) is 6.04 Å². The van der Waals surface area contributed by atoms with Crippen LogP contribution in [0, 0.1) is 11.7 Å². The van der Waals surface area contributed by atoms with E-state index < -0.39 is 5.82 Å². The van der Waals surface area contributed by atoms with Crippen LogP contribution in [0.1, 0.15) is 48.3 Å². The van der Waals surface area contributed by atoms with Crippen LogP contribution < -0.4 is 10.2 Å². The number of hydrogen-bond donors (Lipinski definition) is 1. The summed E-state index contributed by atoms with van der Waals surface area (Å²) >= 11 is 0. The molecule has 0 aromatic heterocycles. The molecule has 3 rings (SSSR count). The molecule has 0 saturated carbocycles. The van der Waals surface area contributed by atoms with Crippen LogP contribution in [0.4, 0.5) is 15.8 Å². The summed E-state index contributed by atoms with van der Waals surface area (Å²) in [4.78, 5) is 29.6. The Kier molecular flexibility index (Phi) is 8.05. The number of halogens is 1. The summed E-state index contributed by atoms with van der Waals surface area (Å²) in [5.41, 5.74) is 3.74. The fourth-order valence-corrected chi connectivity index (χ4v) is 3.78. The van der Waals surface area contributed by atoms with Crippen molar-refractivity contribution >= 4 is 23.2 Å². The summed E-state index contributed by atoms with van der Waals surface area (Å²) in [7, 11) is 3.87. The molecule has 3 aromatic carbocycles. The average Bonchev–Trinajstić information content (AvgIpc) is 2.82. The SMILES string of the molecule is CC(C)C(=O)Nc1ccc(N(C)C)c(CN(C(=O)c2cccc(F)c2)[C@H](C)c2ccccc2)c1. The molecule has 3 aromatic rings. The van der Waals surface area contributed by atoms with Crippen LogP contribution in [0.3, 0.4) is 0 Å². The maximum atomic E-state index is 13.9. The normalized spacial score (nSPS) is 11.7. The Bertz CT molecular complexity index is 1150. The zero-order valence-electron chi connectivity index (χ0n) is 20.4. The first kappa shape index (κ1) is 25.0. The summed E-state index contributed by atoms with van der Waals surface area (Å²) < 4.78 is 13.9. The van der Waals surface area contributed by atoms with Crippen LogP contribution in [0.15, 0.2) is 72.8 Å². The topological polar surface area (TPSA) is 52.7 Å². The molecule has 6 heteroatoms. The molecule has 0 unspecified atom stereocenters. The summed E-state index contributed by atoms with van der Waals surface area (Å²) in [6.07, 6.45) is 0. The van der Waals surface area contributed by atoms with E-state index in [1.54, 1.807) is 17.0 Å². The van der Waals surface area contributed by atoms with E-state index in [0.717, 1.165) is 16.8 Å². The van der Waals surface area contributed by atoms with Crippen LogP contribution in [0.2, 0.25) is 0 Å². The Morgan fingerprint density at radius 1 is 0.912 bits per heavy atom. The molecule has 0 aliphatic heterocycles. The monoisotopic (exact) mass is 461 g/mol. The first-order valence-electron chi connectivity index (χ1n) is 11.4. The molecule has 0 spiro atoms. The molecule has 0 bridgehead atoms. The highest BCUT2D eigenvalue weighted by atomic mass is 19.1. The lowest BCUT2D eigenvalue weighted by molar-refractivity contribution is -0.118. The fraction of sp³-hybridized carbons (Fsp3) is 0.286. The average molecular weight is 462 g/mol. The molecule has 0 aliphatic rings. The Balaban J connectivity index is 2.04. The van der Waals surface area contributed by atoms with Crippen molar-refractivity contribution < 1.29 is 14.0 Å². The minimum absolute atomic E-state index is 0.0751. The molecule has 1 N–H and O–H groups in total. The van der Waals surface area contributed by atoms with E-state index in [1.807, 2.05) is 88.3 Å². The third-order valence-electron chi connectivity index (χ3n) is 5.78. The number of anilines is 2. The molecule has 1 atom stereocenters. The molecule has 0 fully saturated rings. The van der Waals surface area contributed by atoms with Gasteiger partial charge in [0.1, 0.15) is 5.82 Å². The van der Waals surface area contributed by atoms with Crippen LogP contribution in [-0.2, 0) is 11.3 Å².